The van der Waals surface area contributed by atoms with Gasteiger partial charge in [-0.1, -0.05) is 30.7 Å². The van der Waals surface area contributed by atoms with Crippen molar-refractivity contribution in [3.8, 4) is 0 Å². The summed E-state index contributed by atoms with van der Waals surface area (Å²) in [5, 5.41) is 0.0708. The molecule has 0 aliphatic rings. The lowest BCUT2D eigenvalue weighted by Gasteiger charge is -2.05. The van der Waals surface area contributed by atoms with Crippen molar-refractivity contribution in [3.05, 3.63) is 62.5 Å². The normalized spacial score (nSPS) is 10.6. The van der Waals surface area contributed by atoms with Gasteiger partial charge in [0.15, 0.2) is 0 Å². The van der Waals surface area contributed by atoms with Gasteiger partial charge in [0, 0.05) is 18.2 Å². The molecule has 1 N–H and O–H groups in total. The van der Waals surface area contributed by atoms with Gasteiger partial charge in [0.05, 0.1) is 5.02 Å². The number of nitrogens with one attached hydrogen (secondary N) is 1. The van der Waals surface area contributed by atoms with E-state index >= 15 is 0 Å². The van der Waals surface area contributed by atoms with E-state index in [4.69, 9.17) is 11.6 Å². The first-order chi connectivity index (χ1) is 8.60. The summed E-state index contributed by atoms with van der Waals surface area (Å²) in [4.78, 5) is 18.3. The van der Waals surface area contributed by atoms with E-state index in [1.807, 2.05) is 6.92 Å². The fraction of sp³-hybridized carbons (Fsp3) is 0.231. The molecule has 2 rings (SSSR count). The molecule has 0 aliphatic heterocycles. The van der Waals surface area contributed by atoms with E-state index in [1.54, 1.807) is 12.1 Å². The van der Waals surface area contributed by atoms with Crippen molar-refractivity contribution in [1.29, 1.82) is 0 Å². The monoisotopic (exact) mass is 266 g/mol. The van der Waals surface area contributed by atoms with Gasteiger partial charge < -0.3 is 4.98 Å². The van der Waals surface area contributed by atoms with E-state index < -0.39 is 5.82 Å². The van der Waals surface area contributed by atoms with Crippen LogP contribution >= 0.6 is 11.6 Å². The Hall–Kier alpha value is -1.68. The molecular weight excluding hydrogens is 255 g/mol. The maximum absolute atomic E-state index is 13.7. The lowest BCUT2D eigenvalue weighted by molar-refractivity contribution is 0.612. The van der Waals surface area contributed by atoms with E-state index in [0.29, 0.717) is 23.5 Å². The summed E-state index contributed by atoms with van der Waals surface area (Å²) in [6.07, 6.45) is 0.879. The first-order valence-electron chi connectivity index (χ1n) is 5.62. The molecule has 0 spiro atoms. The number of hydrogen-bond donors (Lipinski definition) is 1. The van der Waals surface area contributed by atoms with Crippen molar-refractivity contribution in [2.45, 2.75) is 19.8 Å². The van der Waals surface area contributed by atoms with Gasteiger partial charge in [-0.2, -0.15) is 0 Å². The molecule has 0 radical (unpaired) electrons. The molecule has 0 saturated carbocycles. The van der Waals surface area contributed by atoms with Crippen molar-refractivity contribution in [2.75, 3.05) is 0 Å². The molecule has 5 heteroatoms. The van der Waals surface area contributed by atoms with Crippen LogP contribution in [0.4, 0.5) is 4.39 Å². The zero-order valence-corrected chi connectivity index (χ0v) is 10.6. The number of H-pyrrole nitrogens is 1. The lowest BCUT2D eigenvalue weighted by atomic mass is 10.1. The number of aromatic nitrogens is 2. The third-order valence-corrected chi connectivity index (χ3v) is 2.89. The highest BCUT2D eigenvalue weighted by atomic mass is 35.5. The number of aromatic amines is 1. The van der Waals surface area contributed by atoms with Crippen LogP contribution in [0.15, 0.2) is 29.1 Å². The maximum atomic E-state index is 13.7. The minimum atomic E-state index is -0.469. The fourth-order valence-electron chi connectivity index (χ4n) is 1.69. The summed E-state index contributed by atoms with van der Waals surface area (Å²) in [6, 6.07) is 6.22. The van der Waals surface area contributed by atoms with Crippen molar-refractivity contribution in [1.82, 2.24) is 9.97 Å². The summed E-state index contributed by atoms with van der Waals surface area (Å²) >= 11 is 5.70. The molecule has 0 fully saturated rings. The molecule has 0 amide bonds. The van der Waals surface area contributed by atoms with Gasteiger partial charge >= 0.3 is 0 Å². The Kier molecular flexibility index (Phi) is 3.77. The van der Waals surface area contributed by atoms with E-state index in [2.05, 4.69) is 9.97 Å². The standard InChI is InChI=1S/C13H12ClFN2O/c1-2-9-7-12(18)17-11(16-9)6-8-4-3-5-10(14)13(8)15/h3-5,7H,2,6H2,1H3,(H,16,17,18). The topological polar surface area (TPSA) is 45.8 Å². The summed E-state index contributed by atoms with van der Waals surface area (Å²) < 4.78 is 13.7. The number of hydrogen-bond acceptors (Lipinski definition) is 2. The van der Waals surface area contributed by atoms with Crippen LogP contribution in [0.1, 0.15) is 24.0 Å². The average Bonchev–Trinajstić information content (AvgIpc) is 2.34. The maximum Gasteiger partial charge on any atom is 0.251 e. The highest BCUT2D eigenvalue weighted by Crippen LogP contribution is 2.19. The van der Waals surface area contributed by atoms with E-state index in [9.17, 15) is 9.18 Å². The molecule has 0 unspecified atom stereocenters. The molecule has 1 heterocycles. The Bertz CT molecular complexity index is 625. The van der Waals surface area contributed by atoms with Gasteiger partial charge in [0.2, 0.25) is 0 Å². The largest absolute Gasteiger partial charge is 0.310 e. The first-order valence-corrected chi connectivity index (χ1v) is 6.00. The Morgan fingerprint density at radius 1 is 1.44 bits per heavy atom. The van der Waals surface area contributed by atoms with Crippen LogP contribution < -0.4 is 5.56 Å². The van der Waals surface area contributed by atoms with Gasteiger partial charge in [0.25, 0.3) is 5.56 Å². The minimum Gasteiger partial charge on any atom is -0.310 e. The number of rotatable bonds is 3. The Morgan fingerprint density at radius 2 is 2.22 bits per heavy atom. The SMILES string of the molecule is CCc1cc(=O)[nH]c(Cc2cccc(Cl)c2F)n1. The lowest BCUT2D eigenvalue weighted by Crippen LogP contribution is -2.13. The summed E-state index contributed by atoms with van der Waals surface area (Å²) in [6.45, 7) is 1.91. The molecule has 94 valence electrons. The predicted molar refractivity (Wildman–Crippen MR) is 68.5 cm³/mol. The zero-order chi connectivity index (χ0) is 13.1. The second kappa shape index (κ2) is 5.31. The molecule has 1 aromatic heterocycles. The van der Waals surface area contributed by atoms with Crippen molar-refractivity contribution < 1.29 is 4.39 Å². The van der Waals surface area contributed by atoms with Crippen LogP contribution in [0.25, 0.3) is 0 Å². The molecule has 3 nitrogen and oxygen atoms in total. The van der Waals surface area contributed by atoms with Crippen molar-refractivity contribution in [3.63, 3.8) is 0 Å². The van der Waals surface area contributed by atoms with Gasteiger partial charge in [-0.3, -0.25) is 4.79 Å². The highest BCUT2D eigenvalue weighted by molar-refractivity contribution is 6.30. The highest BCUT2D eigenvalue weighted by Gasteiger charge is 2.09. The smallest absolute Gasteiger partial charge is 0.251 e. The van der Waals surface area contributed by atoms with Crippen molar-refractivity contribution in [2.24, 2.45) is 0 Å². The molecule has 0 bridgehead atoms. The summed E-state index contributed by atoms with van der Waals surface area (Å²) in [5.74, 6) is -0.0239. The molecule has 0 saturated heterocycles. The zero-order valence-electron chi connectivity index (χ0n) is 9.84. The van der Waals surface area contributed by atoms with Gasteiger partial charge in [-0.25, -0.2) is 9.37 Å². The summed E-state index contributed by atoms with van der Waals surface area (Å²) in [5.41, 5.74) is 0.884. The number of halogens is 2. The molecule has 0 atom stereocenters. The number of benzene rings is 1. The molecular formula is C13H12ClFN2O. The molecule has 2 aromatic rings. The third kappa shape index (κ3) is 2.76. The van der Waals surface area contributed by atoms with E-state index in [0.717, 1.165) is 0 Å². The number of nitrogens with zero attached hydrogens (tertiary/aromatic N) is 1. The Labute approximate surface area is 109 Å². The first kappa shape index (κ1) is 12.8. The minimum absolute atomic E-state index is 0.0708. The second-order valence-electron chi connectivity index (χ2n) is 3.93. The van der Waals surface area contributed by atoms with Crippen molar-refractivity contribution >= 4 is 11.6 Å². The van der Waals surface area contributed by atoms with E-state index in [-0.39, 0.29) is 17.0 Å². The van der Waals surface area contributed by atoms with Crippen LogP contribution in [0.3, 0.4) is 0 Å². The molecule has 1 aromatic carbocycles. The quantitative estimate of drug-likeness (QED) is 0.928. The summed E-state index contributed by atoms with van der Waals surface area (Å²) in [7, 11) is 0. The Balaban J connectivity index is 2.37. The van der Waals surface area contributed by atoms with Gasteiger partial charge in [0.1, 0.15) is 11.6 Å². The average molecular weight is 267 g/mol. The Morgan fingerprint density at radius 3 is 2.94 bits per heavy atom. The van der Waals surface area contributed by atoms with E-state index in [1.165, 1.54) is 12.1 Å². The second-order valence-corrected chi connectivity index (χ2v) is 4.33. The van der Waals surface area contributed by atoms with Crippen LogP contribution in [-0.2, 0) is 12.8 Å². The third-order valence-electron chi connectivity index (χ3n) is 2.60. The molecule has 0 aliphatic carbocycles. The van der Waals surface area contributed by atoms with Crippen LogP contribution in [0.2, 0.25) is 5.02 Å². The fourth-order valence-corrected chi connectivity index (χ4v) is 1.89. The molecule has 18 heavy (non-hydrogen) atoms. The van der Waals surface area contributed by atoms with Crippen LogP contribution in [0.5, 0.6) is 0 Å². The van der Waals surface area contributed by atoms with Crippen LogP contribution in [0, 0.1) is 5.82 Å². The van der Waals surface area contributed by atoms with Gasteiger partial charge in [-0.05, 0) is 18.1 Å². The van der Waals surface area contributed by atoms with Crippen LogP contribution in [-0.4, -0.2) is 9.97 Å². The predicted octanol–water partition coefficient (Wildman–Crippen LogP) is 2.72. The van der Waals surface area contributed by atoms with Gasteiger partial charge in [-0.15, -0.1) is 0 Å². The number of aryl methyl sites for hydroxylation is 1.